The van der Waals surface area contributed by atoms with E-state index in [2.05, 4.69) is 10.3 Å². The maximum absolute atomic E-state index is 13.5. The van der Waals surface area contributed by atoms with Gasteiger partial charge in [0.05, 0.1) is 12.6 Å². The minimum absolute atomic E-state index is 0.0402. The summed E-state index contributed by atoms with van der Waals surface area (Å²) in [6, 6.07) is -0.456. The van der Waals surface area contributed by atoms with Crippen LogP contribution in [-0.2, 0) is 11.8 Å². The van der Waals surface area contributed by atoms with Gasteiger partial charge in [-0.2, -0.15) is 0 Å². The van der Waals surface area contributed by atoms with Crippen molar-refractivity contribution in [1.82, 2.24) is 9.55 Å². The number of rotatable bonds is 2. The third kappa shape index (κ3) is 2.76. The molecular formula is C10H13ClFN3O2. The van der Waals surface area contributed by atoms with Gasteiger partial charge in [0.2, 0.25) is 0 Å². The Hall–Kier alpha value is -1.14. The van der Waals surface area contributed by atoms with Gasteiger partial charge >= 0.3 is 0 Å². The Balaban J connectivity index is 2.20. The Morgan fingerprint density at radius 1 is 1.71 bits per heavy atom. The molecule has 1 aliphatic heterocycles. The third-order valence-corrected chi connectivity index (χ3v) is 2.83. The van der Waals surface area contributed by atoms with E-state index in [4.69, 9.17) is 16.3 Å². The van der Waals surface area contributed by atoms with E-state index in [0.717, 1.165) is 0 Å². The molecule has 0 aromatic carbocycles. The Morgan fingerprint density at radius 2 is 2.47 bits per heavy atom. The lowest BCUT2D eigenvalue weighted by molar-refractivity contribution is 0.0285. The van der Waals surface area contributed by atoms with E-state index < -0.39 is 12.2 Å². The fourth-order valence-electron chi connectivity index (χ4n) is 1.70. The Bertz CT molecular complexity index is 465. The van der Waals surface area contributed by atoms with Gasteiger partial charge in [-0.15, -0.1) is 0 Å². The number of anilines is 1. The summed E-state index contributed by atoms with van der Waals surface area (Å²) in [5.41, 5.74) is -0.326. The second kappa shape index (κ2) is 5.01. The van der Waals surface area contributed by atoms with Crippen LogP contribution in [0.15, 0.2) is 11.0 Å². The number of alkyl halides is 1. The van der Waals surface area contributed by atoms with Crippen molar-refractivity contribution in [2.75, 3.05) is 18.5 Å². The highest BCUT2D eigenvalue weighted by Gasteiger charge is 2.26. The van der Waals surface area contributed by atoms with Crippen LogP contribution < -0.4 is 10.9 Å². The van der Waals surface area contributed by atoms with Crippen molar-refractivity contribution >= 4 is 17.4 Å². The second-order valence-corrected chi connectivity index (χ2v) is 4.35. The second-order valence-electron chi connectivity index (χ2n) is 3.96. The van der Waals surface area contributed by atoms with Gasteiger partial charge in [-0.25, -0.2) is 9.37 Å². The molecule has 2 heterocycles. The normalized spacial score (nSPS) is 24.6. The van der Waals surface area contributed by atoms with Crippen molar-refractivity contribution in [1.29, 1.82) is 0 Å². The van der Waals surface area contributed by atoms with Gasteiger partial charge in [0, 0.05) is 19.9 Å². The van der Waals surface area contributed by atoms with Gasteiger partial charge in [0.25, 0.3) is 5.56 Å². The Labute approximate surface area is 103 Å². The van der Waals surface area contributed by atoms with E-state index >= 15 is 0 Å². The third-order valence-electron chi connectivity index (χ3n) is 2.65. The van der Waals surface area contributed by atoms with Crippen molar-refractivity contribution in [3.05, 3.63) is 21.7 Å². The highest BCUT2D eigenvalue weighted by Crippen LogP contribution is 2.15. The number of aryl methyl sites for hydroxylation is 1. The van der Waals surface area contributed by atoms with E-state index in [-0.39, 0.29) is 23.1 Å². The molecule has 1 aromatic heterocycles. The molecule has 2 atom stereocenters. The summed E-state index contributed by atoms with van der Waals surface area (Å²) < 4.78 is 19.8. The summed E-state index contributed by atoms with van der Waals surface area (Å²) in [5, 5.41) is 2.99. The number of hydrogen-bond acceptors (Lipinski definition) is 4. The fraction of sp³-hybridized carbons (Fsp3) is 0.600. The predicted octanol–water partition coefficient (Wildman–Crippen LogP) is 0.973. The topological polar surface area (TPSA) is 56.1 Å². The Morgan fingerprint density at radius 3 is 3.18 bits per heavy atom. The summed E-state index contributed by atoms with van der Waals surface area (Å²) in [7, 11) is 1.57. The maximum atomic E-state index is 13.5. The average molecular weight is 262 g/mol. The van der Waals surface area contributed by atoms with Crippen LogP contribution in [0.5, 0.6) is 0 Å². The molecule has 2 rings (SSSR count). The molecule has 17 heavy (non-hydrogen) atoms. The minimum Gasteiger partial charge on any atom is -0.378 e. The molecule has 7 heteroatoms. The first kappa shape index (κ1) is 12.3. The molecule has 1 N–H and O–H groups in total. The first-order valence-corrected chi connectivity index (χ1v) is 5.67. The summed E-state index contributed by atoms with van der Waals surface area (Å²) in [5.74, 6) is 0.0783. The smallest absolute Gasteiger partial charge is 0.293 e. The molecule has 0 aliphatic carbocycles. The van der Waals surface area contributed by atoms with E-state index in [1.165, 1.54) is 10.8 Å². The lowest BCUT2D eigenvalue weighted by atomic mass is 10.1. The number of aromatic nitrogens is 2. The fourth-order valence-corrected chi connectivity index (χ4v) is 1.94. The minimum atomic E-state index is -1.14. The van der Waals surface area contributed by atoms with Gasteiger partial charge in [0.1, 0.15) is 11.3 Å². The summed E-state index contributed by atoms with van der Waals surface area (Å²) in [6.07, 6.45) is 0.763. The van der Waals surface area contributed by atoms with Crippen molar-refractivity contribution < 1.29 is 9.13 Å². The largest absolute Gasteiger partial charge is 0.378 e. The molecule has 5 nitrogen and oxygen atoms in total. The van der Waals surface area contributed by atoms with E-state index in [1.807, 2.05) is 0 Å². The molecule has 94 valence electrons. The highest BCUT2D eigenvalue weighted by atomic mass is 35.5. The average Bonchev–Trinajstić information content (AvgIpc) is 2.28. The van der Waals surface area contributed by atoms with Gasteiger partial charge in [-0.1, -0.05) is 11.6 Å². The van der Waals surface area contributed by atoms with E-state index in [0.29, 0.717) is 13.0 Å². The molecule has 0 radical (unpaired) electrons. The SMILES string of the molecule is Cn1cc(Cl)nc(NC2CCOCC2F)c1=O. The molecule has 1 aliphatic rings. The number of nitrogens with one attached hydrogen (secondary N) is 1. The summed E-state index contributed by atoms with van der Waals surface area (Å²) in [4.78, 5) is 15.6. The molecule has 1 aromatic rings. The van der Waals surface area contributed by atoms with Crippen LogP contribution in [0.4, 0.5) is 10.2 Å². The molecule has 0 saturated carbocycles. The van der Waals surface area contributed by atoms with Crippen LogP contribution in [-0.4, -0.2) is 35.0 Å². The first-order valence-electron chi connectivity index (χ1n) is 5.29. The zero-order valence-corrected chi connectivity index (χ0v) is 10.1. The van der Waals surface area contributed by atoms with Crippen LogP contribution in [0.1, 0.15) is 6.42 Å². The molecule has 0 bridgehead atoms. The van der Waals surface area contributed by atoms with Gasteiger partial charge in [-0.05, 0) is 6.42 Å². The van der Waals surface area contributed by atoms with Gasteiger partial charge in [0.15, 0.2) is 5.82 Å². The number of ether oxygens (including phenoxy) is 1. The molecule has 0 amide bonds. The summed E-state index contributed by atoms with van der Waals surface area (Å²) >= 11 is 5.75. The Kier molecular flexibility index (Phi) is 3.63. The lowest BCUT2D eigenvalue weighted by Crippen LogP contribution is -2.41. The first-order chi connectivity index (χ1) is 8.08. The monoisotopic (exact) mass is 261 g/mol. The molecule has 1 fully saturated rings. The van der Waals surface area contributed by atoms with Crippen LogP contribution in [0.2, 0.25) is 5.15 Å². The molecule has 2 unspecified atom stereocenters. The van der Waals surface area contributed by atoms with Crippen LogP contribution in [0, 0.1) is 0 Å². The van der Waals surface area contributed by atoms with Gasteiger partial charge < -0.3 is 14.6 Å². The quantitative estimate of drug-likeness (QED) is 0.862. The van der Waals surface area contributed by atoms with Crippen LogP contribution >= 0.6 is 11.6 Å². The van der Waals surface area contributed by atoms with Crippen molar-refractivity contribution in [2.24, 2.45) is 7.05 Å². The van der Waals surface area contributed by atoms with E-state index in [9.17, 15) is 9.18 Å². The maximum Gasteiger partial charge on any atom is 0.293 e. The van der Waals surface area contributed by atoms with Crippen molar-refractivity contribution in [3.8, 4) is 0 Å². The van der Waals surface area contributed by atoms with Crippen LogP contribution in [0.3, 0.4) is 0 Å². The number of nitrogens with zero attached hydrogens (tertiary/aromatic N) is 2. The van der Waals surface area contributed by atoms with E-state index in [1.54, 1.807) is 7.05 Å². The summed E-state index contributed by atoms with van der Waals surface area (Å²) in [6.45, 7) is 0.511. The zero-order chi connectivity index (χ0) is 12.4. The molecule has 1 saturated heterocycles. The van der Waals surface area contributed by atoms with Gasteiger partial charge in [-0.3, -0.25) is 4.79 Å². The zero-order valence-electron chi connectivity index (χ0n) is 9.32. The van der Waals surface area contributed by atoms with Crippen LogP contribution in [0.25, 0.3) is 0 Å². The predicted molar refractivity (Wildman–Crippen MR) is 62.2 cm³/mol. The van der Waals surface area contributed by atoms with Crippen molar-refractivity contribution in [2.45, 2.75) is 18.6 Å². The molecule has 0 spiro atoms. The highest BCUT2D eigenvalue weighted by molar-refractivity contribution is 6.29. The number of hydrogen-bond donors (Lipinski definition) is 1. The standard InChI is InChI=1S/C10H13ClFN3O2/c1-15-4-8(11)14-9(10(15)16)13-7-2-3-17-5-6(7)12/h4,6-7H,2-3,5H2,1H3,(H,13,14). The molecular weight excluding hydrogens is 249 g/mol. The number of halogens is 2. The van der Waals surface area contributed by atoms with Crippen molar-refractivity contribution in [3.63, 3.8) is 0 Å². The lowest BCUT2D eigenvalue weighted by Gasteiger charge is -2.27.